The number of carbonyl (C=O) groups is 2. The molecule has 3 fully saturated rings. The van der Waals surface area contributed by atoms with Crippen LogP contribution in [0.25, 0.3) is 0 Å². The van der Waals surface area contributed by atoms with Crippen molar-refractivity contribution in [3.63, 3.8) is 0 Å². The fourth-order valence-electron chi connectivity index (χ4n) is 5.32. The van der Waals surface area contributed by atoms with Crippen molar-refractivity contribution in [1.82, 2.24) is 20.0 Å². The van der Waals surface area contributed by atoms with Crippen LogP contribution in [-0.4, -0.2) is 65.3 Å². The smallest absolute Gasteiger partial charge is 0.328 e. The molecule has 0 radical (unpaired) electrons. The predicted molar refractivity (Wildman–Crippen MR) is 124 cm³/mol. The molecule has 3 aliphatic heterocycles. The van der Waals surface area contributed by atoms with Gasteiger partial charge in [-0.2, -0.15) is 0 Å². The van der Waals surface area contributed by atoms with E-state index in [1.165, 1.54) is 16.0 Å². The van der Waals surface area contributed by atoms with E-state index >= 15 is 0 Å². The molecule has 3 aliphatic rings. The minimum atomic E-state index is -0.387. The third kappa shape index (κ3) is 3.45. The Morgan fingerprint density at radius 2 is 1.62 bits per heavy atom. The minimum Gasteiger partial charge on any atom is -0.343 e. The van der Waals surface area contributed by atoms with E-state index in [1.807, 2.05) is 31.2 Å². The fourth-order valence-corrected chi connectivity index (χ4v) is 5.32. The SMILES string of the molecule is Cc1ccc(CN2C(=O)C3C(NC4N(c5cc(C)cc(C)c5)CCCN34)N(C)C2=O)cc1. The maximum absolute atomic E-state index is 13.6. The first-order chi connectivity index (χ1) is 15.3. The Kier molecular flexibility index (Phi) is 5.18. The first-order valence-corrected chi connectivity index (χ1v) is 11.3. The molecule has 0 aromatic heterocycles. The fraction of sp³-hybridized carbons (Fsp3) is 0.440. The zero-order valence-electron chi connectivity index (χ0n) is 19.2. The summed E-state index contributed by atoms with van der Waals surface area (Å²) in [5.74, 6) is -0.115. The average Bonchev–Trinajstić information content (AvgIpc) is 3.16. The molecule has 0 spiro atoms. The van der Waals surface area contributed by atoms with Gasteiger partial charge in [0.2, 0.25) is 0 Å². The molecule has 3 saturated heterocycles. The number of aryl methyl sites for hydroxylation is 3. The van der Waals surface area contributed by atoms with Crippen molar-refractivity contribution in [3.05, 3.63) is 64.7 Å². The van der Waals surface area contributed by atoms with Crippen molar-refractivity contribution in [3.8, 4) is 0 Å². The number of carbonyl (C=O) groups excluding carboxylic acids is 2. The van der Waals surface area contributed by atoms with Crippen molar-refractivity contribution in [2.75, 3.05) is 25.0 Å². The van der Waals surface area contributed by atoms with Crippen molar-refractivity contribution < 1.29 is 9.59 Å². The van der Waals surface area contributed by atoms with E-state index in [0.29, 0.717) is 6.54 Å². The Morgan fingerprint density at radius 3 is 2.31 bits per heavy atom. The number of hydrogen-bond donors (Lipinski definition) is 1. The first-order valence-electron chi connectivity index (χ1n) is 11.3. The monoisotopic (exact) mass is 433 g/mol. The minimum absolute atomic E-state index is 0.113. The number of benzene rings is 2. The molecular formula is C25H31N5O2. The second kappa shape index (κ2) is 7.90. The molecule has 7 heteroatoms. The molecule has 168 valence electrons. The van der Waals surface area contributed by atoms with Crippen LogP contribution in [0.3, 0.4) is 0 Å². The molecule has 0 bridgehead atoms. The van der Waals surface area contributed by atoms with Gasteiger partial charge in [0.1, 0.15) is 18.5 Å². The van der Waals surface area contributed by atoms with Crippen LogP contribution in [0.4, 0.5) is 10.5 Å². The van der Waals surface area contributed by atoms with Crippen LogP contribution in [0.5, 0.6) is 0 Å². The van der Waals surface area contributed by atoms with Crippen molar-refractivity contribution in [2.45, 2.75) is 52.2 Å². The maximum Gasteiger partial charge on any atom is 0.328 e. The quantitative estimate of drug-likeness (QED) is 0.807. The van der Waals surface area contributed by atoms with Gasteiger partial charge in [0.15, 0.2) is 0 Å². The van der Waals surface area contributed by atoms with Gasteiger partial charge in [-0.3, -0.25) is 19.9 Å². The number of amides is 3. The highest BCUT2D eigenvalue weighted by atomic mass is 16.2. The number of urea groups is 1. The predicted octanol–water partition coefficient (Wildman–Crippen LogP) is 2.80. The molecule has 3 amide bonds. The van der Waals surface area contributed by atoms with Crippen LogP contribution >= 0.6 is 0 Å². The highest BCUT2D eigenvalue weighted by molar-refractivity contribution is 6.00. The molecular weight excluding hydrogens is 402 g/mol. The van der Waals surface area contributed by atoms with Gasteiger partial charge in [0.25, 0.3) is 5.91 Å². The van der Waals surface area contributed by atoms with Crippen LogP contribution < -0.4 is 10.2 Å². The lowest BCUT2D eigenvalue weighted by molar-refractivity contribution is -0.139. The van der Waals surface area contributed by atoms with Crippen LogP contribution in [0, 0.1) is 20.8 Å². The van der Waals surface area contributed by atoms with Gasteiger partial charge in [0, 0.05) is 25.8 Å². The Balaban J connectivity index is 1.44. The highest BCUT2D eigenvalue weighted by Crippen LogP contribution is 2.34. The summed E-state index contributed by atoms with van der Waals surface area (Å²) in [7, 11) is 1.79. The molecule has 3 unspecified atom stereocenters. The lowest BCUT2D eigenvalue weighted by Gasteiger charge is -2.44. The molecule has 0 saturated carbocycles. The Bertz CT molecular complexity index is 1030. The van der Waals surface area contributed by atoms with Gasteiger partial charge < -0.3 is 9.80 Å². The van der Waals surface area contributed by atoms with Crippen molar-refractivity contribution in [1.29, 1.82) is 0 Å². The lowest BCUT2D eigenvalue weighted by atomic mass is 10.1. The summed E-state index contributed by atoms with van der Waals surface area (Å²) in [4.78, 5) is 34.4. The number of imide groups is 1. The Labute approximate surface area is 189 Å². The summed E-state index contributed by atoms with van der Waals surface area (Å²) < 4.78 is 0. The summed E-state index contributed by atoms with van der Waals surface area (Å²) in [5.41, 5.74) is 5.72. The molecule has 0 aliphatic carbocycles. The summed E-state index contributed by atoms with van der Waals surface area (Å²) in [6.07, 6.45) is 0.524. The summed E-state index contributed by atoms with van der Waals surface area (Å²) in [6, 6.07) is 13.9. The summed E-state index contributed by atoms with van der Waals surface area (Å²) in [5, 5.41) is 3.59. The van der Waals surface area contributed by atoms with E-state index in [9.17, 15) is 9.59 Å². The standard InChI is InChI=1S/C25H31N5O2/c1-16-6-8-19(9-7-16)15-30-23(31)21-22(27(4)25(30)32)26-24-28(10-5-11-29(21)24)20-13-17(2)12-18(3)14-20/h6-9,12-14,21-22,24,26H,5,10-11,15H2,1-4H3. The van der Waals surface area contributed by atoms with Crippen molar-refractivity contribution in [2.24, 2.45) is 0 Å². The first kappa shape index (κ1) is 21.0. The van der Waals surface area contributed by atoms with E-state index in [4.69, 9.17) is 0 Å². The summed E-state index contributed by atoms with van der Waals surface area (Å²) >= 11 is 0. The number of hydrogen-bond acceptors (Lipinski definition) is 5. The molecule has 2 aromatic carbocycles. The van der Waals surface area contributed by atoms with Crippen LogP contribution in [-0.2, 0) is 11.3 Å². The number of anilines is 1. The van der Waals surface area contributed by atoms with E-state index in [1.54, 1.807) is 11.9 Å². The molecule has 3 heterocycles. The molecule has 32 heavy (non-hydrogen) atoms. The third-order valence-electron chi connectivity index (χ3n) is 6.87. The van der Waals surface area contributed by atoms with E-state index in [-0.39, 0.29) is 30.4 Å². The molecule has 5 rings (SSSR count). The van der Waals surface area contributed by atoms with Gasteiger partial charge in [-0.25, -0.2) is 4.79 Å². The van der Waals surface area contributed by atoms with E-state index in [0.717, 1.165) is 36.3 Å². The van der Waals surface area contributed by atoms with Crippen molar-refractivity contribution >= 4 is 17.6 Å². The van der Waals surface area contributed by atoms with Gasteiger partial charge >= 0.3 is 6.03 Å². The number of fused-ring (bicyclic) bond motifs is 3. The van der Waals surface area contributed by atoms with Gasteiger partial charge in [0.05, 0.1) is 6.54 Å². The number of rotatable bonds is 3. The van der Waals surface area contributed by atoms with Gasteiger partial charge in [-0.1, -0.05) is 35.9 Å². The lowest BCUT2D eigenvalue weighted by Crippen LogP contribution is -2.66. The number of nitrogens with one attached hydrogen (secondary N) is 1. The van der Waals surface area contributed by atoms with Gasteiger partial charge in [-0.15, -0.1) is 0 Å². The number of likely N-dealkylation sites (N-methyl/N-ethyl adjacent to an activating group) is 1. The summed E-state index contributed by atoms with van der Waals surface area (Å²) in [6.45, 7) is 8.28. The second-order valence-corrected chi connectivity index (χ2v) is 9.36. The molecule has 7 nitrogen and oxygen atoms in total. The molecule has 3 atom stereocenters. The Morgan fingerprint density at radius 1 is 0.938 bits per heavy atom. The van der Waals surface area contributed by atoms with E-state index < -0.39 is 0 Å². The van der Waals surface area contributed by atoms with Gasteiger partial charge in [-0.05, 0) is 56.0 Å². The zero-order valence-corrected chi connectivity index (χ0v) is 19.2. The Hall–Kier alpha value is -2.90. The normalized spacial score (nSPS) is 25.9. The highest BCUT2D eigenvalue weighted by Gasteiger charge is 2.56. The zero-order chi connectivity index (χ0) is 22.6. The molecule has 1 N–H and O–H groups in total. The van der Waals surface area contributed by atoms with Crippen LogP contribution in [0.15, 0.2) is 42.5 Å². The maximum atomic E-state index is 13.6. The van der Waals surface area contributed by atoms with E-state index in [2.05, 4.69) is 47.2 Å². The third-order valence-corrected chi connectivity index (χ3v) is 6.87. The van der Waals surface area contributed by atoms with Crippen LogP contribution in [0.1, 0.15) is 28.7 Å². The molecule has 2 aromatic rings. The largest absolute Gasteiger partial charge is 0.343 e. The topological polar surface area (TPSA) is 59.1 Å². The second-order valence-electron chi connectivity index (χ2n) is 9.36. The average molecular weight is 434 g/mol. The van der Waals surface area contributed by atoms with Crippen LogP contribution in [0.2, 0.25) is 0 Å². The number of nitrogens with zero attached hydrogens (tertiary/aromatic N) is 4.